The van der Waals surface area contributed by atoms with Gasteiger partial charge in [0.2, 0.25) is 10.0 Å². The summed E-state index contributed by atoms with van der Waals surface area (Å²) in [6.45, 7) is 5.24. The summed E-state index contributed by atoms with van der Waals surface area (Å²) in [5.74, 6) is -0.874. The molecule has 1 aromatic heterocycles. The van der Waals surface area contributed by atoms with E-state index in [1.54, 1.807) is 37.7 Å². The summed E-state index contributed by atoms with van der Waals surface area (Å²) in [6, 6.07) is 7.18. The number of nitrogens with zero attached hydrogens (tertiary/aromatic N) is 2. The van der Waals surface area contributed by atoms with Crippen molar-refractivity contribution in [1.82, 2.24) is 14.5 Å². The minimum absolute atomic E-state index is 0.232. The fraction of sp³-hybridized carbons (Fsp3) is 0.333. The predicted octanol–water partition coefficient (Wildman–Crippen LogP) is 1.61. The van der Waals surface area contributed by atoms with Gasteiger partial charge in [-0.1, -0.05) is 24.3 Å². The van der Waals surface area contributed by atoms with Gasteiger partial charge >= 0.3 is 0 Å². The quantitative estimate of drug-likeness (QED) is 0.927. The van der Waals surface area contributed by atoms with Crippen LogP contribution in [0.1, 0.15) is 32.9 Å². The molecule has 6 nitrogen and oxygen atoms in total. The average molecular weight is 321 g/mol. The molecule has 0 saturated heterocycles. The van der Waals surface area contributed by atoms with Crippen LogP contribution in [0.25, 0.3) is 0 Å². The van der Waals surface area contributed by atoms with E-state index >= 15 is 0 Å². The lowest BCUT2D eigenvalue weighted by Gasteiger charge is -2.09. The van der Waals surface area contributed by atoms with E-state index in [0.29, 0.717) is 22.5 Å². The summed E-state index contributed by atoms with van der Waals surface area (Å²) in [4.78, 5) is 12.2. The Morgan fingerprint density at radius 2 is 1.86 bits per heavy atom. The zero-order valence-corrected chi connectivity index (χ0v) is 13.9. The van der Waals surface area contributed by atoms with Crippen LogP contribution in [-0.4, -0.2) is 24.1 Å². The summed E-state index contributed by atoms with van der Waals surface area (Å²) in [7, 11) is -2.06. The number of rotatable bonds is 4. The summed E-state index contributed by atoms with van der Waals surface area (Å²) in [6.07, 6.45) is 0. The molecule has 7 heteroatoms. The molecule has 118 valence electrons. The van der Waals surface area contributed by atoms with E-state index < -0.39 is 15.9 Å². The summed E-state index contributed by atoms with van der Waals surface area (Å²) >= 11 is 0. The Kier molecular flexibility index (Phi) is 4.37. The van der Waals surface area contributed by atoms with E-state index in [1.807, 2.05) is 19.1 Å². The van der Waals surface area contributed by atoms with E-state index in [1.165, 1.54) is 0 Å². The molecule has 2 aromatic rings. The van der Waals surface area contributed by atoms with Crippen LogP contribution in [0.4, 0.5) is 0 Å². The third kappa shape index (κ3) is 3.36. The molecule has 1 aromatic carbocycles. The van der Waals surface area contributed by atoms with Gasteiger partial charge in [-0.25, -0.2) is 13.1 Å². The van der Waals surface area contributed by atoms with Crippen molar-refractivity contribution in [2.45, 2.75) is 26.5 Å². The Morgan fingerprint density at radius 3 is 2.41 bits per heavy atom. The summed E-state index contributed by atoms with van der Waals surface area (Å²) in [5, 5.41) is 4.12. The lowest BCUT2D eigenvalue weighted by Crippen LogP contribution is -2.32. The van der Waals surface area contributed by atoms with Gasteiger partial charge in [-0.15, -0.1) is 0 Å². The number of sulfonamides is 1. The van der Waals surface area contributed by atoms with E-state index in [0.717, 1.165) is 5.56 Å². The van der Waals surface area contributed by atoms with Crippen LogP contribution < -0.4 is 4.72 Å². The first kappa shape index (κ1) is 16.2. The van der Waals surface area contributed by atoms with Crippen molar-refractivity contribution in [2.75, 3.05) is 0 Å². The highest BCUT2D eigenvalue weighted by Crippen LogP contribution is 2.14. The number of carbonyl (C=O) groups is 1. The van der Waals surface area contributed by atoms with E-state index in [4.69, 9.17) is 0 Å². The summed E-state index contributed by atoms with van der Waals surface area (Å²) in [5.41, 5.74) is 2.97. The fourth-order valence-corrected chi connectivity index (χ4v) is 3.50. The molecule has 0 fully saturated rings. The van der Waals surface area contributed by atoms with Gasteiger partial charge in [-0.3, -0.25) is 9.48 Å². The normalized spacial score (nSPS) is 11.5. The van der Waals surface area contributed by atoms with Crippen molar-refractivity contribution in [2.24, 2.45) is 7.05 Å². The van der Waals surface area contributed by atoms with Crippen molar-refractivity contribution < 1.29 is 13.2 Å². The van der Waals surface area contributed by atoms with Crippen LogP contribution in [0.3, 0.4) is 0 Å². The highest BCUT2D eigenvalue weighted by atomic mass is 32.2. The molecule has 0 atom stereocenters. The lowest BCUT2D eigenvalue weighted by molar-refractivity contribution is 0.0980. The first-order valence-corrected chi connectivity index (χ1v) is 8.46. The minimum atomic E-state index is -3.77. The Balaban J connectivity index is 2.22. The maximum absolute atomic E-state index is 12.2. The maximum Gasteiger partial charge on any atom is 0.268 e. The van der Waals surface area contributed by atoms with Crippen molar-refractivity contribution in [3.05, 3.63) is 52.3 Å². The molecule has 0 radical (unpaired) electrons. The summed E-state index contributed by atoms with van der Waals surface area (Å²) < 4.78 is 28.1. The number of carbonyl (C=O) groups excluding carboxylic acids is 1. The molecule has 0 saturated carbocycles. The van der Waals surface area contributed by atoms with Crippen molar-refractivity contribution in [1.29, 1.82) is 0 Å². The van der Waals surface area contributed by atoms with Crippen LogP contribution in [0.2, 0.25) is 0 Å². The molecular weight excluding hydrogens is 302 g/mol. The molecule has 2 rings (SSSR count). The Hall–Kier alpha value is -2.15. The van der Waals surface area contributed by atoms with Crippen LogP contribution >= 0.6 is 0 Å². The van der Waals surface area contributed by atoms with Gasteiger partial charge in [0, 0.05) is 12.7 Å². The zero-order valence-electron chi connectivity index (χ0n) is 13.0. The lowest BCUT2D eigenvalue weighted by atomic mass is 10.1. The first-order chi connectivity index (χ1) is 10.2. The van der Waals surface area contributed by atoms with Crippen molar-refractivity contribution in [3.63, 3.8) is 0 Å². The number of aromatic nitrogens is 2. The standard InChI is InChI=1S/C15H19N3O3S/c1-10-7-5-6-8-13(10)9-22(20,21)17-15(19)14-11(2)16-18(4)12(14)3/h5-8H,9H2,1-4H3,(H,17,19). The smallest absolute Gasteiger partial charge is 0.268 e. The molecule has 22 heavy (non-hydrogen) atoms. The second-order valence-corrected chi connectivity index (χ2v) is 7.01. The predicted molar refractivity (Wildman–Crippen MR) is 84.0 cm³/mol. The Bertz CT molecular complexity index is 823. The van der Waals surface area contributed by atoms with Gasteiger partial charge in [0.1, 0.15) is 0 Å². The molecule has 0 aliphatic carbocycles. The number of nitrogens with one attached hydrogen (secondary N) is 1. The molecule has 1 amide bonds. The van der Waals surface area contributed by atoms with Gasteiger partial charge in [0.25, 0.3) is 5.91 Å². The number of benzene rings is 1. The number of hydrogen-bond donors (Lipinski definition) is 1. The van der Waals surface area contributed by atoms with Gasteiger partial charge in [0.15, 0.2) is 0 Å². The van der Waals surface area contributed by atoms with Crippen LogP contribution in [0, 0.1) is 20.8 Å². The fourth-order valence-electron chi connectivity index (χ4n) is 2.31. The monoisotopic (exact) mass is 321 g/mol. The molecule has 0 spiro atoms. The van der Waals surface area contributed by atoms with Crippen molar-refractivity contribution >= 4 is 15.9 Å². The molecule has 1 N–H and O–H groups in total. The average Bonchev–Trinajstić information content (AvgIpc) is 2.65. The van der Waals surface area contributed by atoms with Gasteiger partial charge in [-0.2, -0.15) is 5.10 Å². The van der Waals surface area contributed by atoms with Crippen LogP contribution in [0.5, 0.6) is 0 Å². The van der Waals surface area contributed by atoms with Gasteiger partial charge in [0.05, 0.1) is 17.0 Å². The SMILES string of the molecule is Cc1ccccc1CS(=O)(=O)NC(=O)c1c(C)nn(C)c1C. The Labute approximate surface area is 130 Å². The van der Waals surface area contributed by atoms with E-state index in [-0.39, 0.29) is 5.75 Å². The number of amides is 1. The molecular formula is C15H19N3O3S. The van der Waals surface area contributed by atoms with Crippen molar-refractivity contribution in [3.8, 4) is 0 Å². The highest BCUT2D eigenvalue weighted by Gasteiger charge is 2.22. The molecule has 1 heterocycles. The van der Waals surface area contributed by atoms with Crippen LogP contribution in [-0.2, 0) is 22.8 Å². The second kappa shape index (κ2) is 5.92. The topological polar surface area (TPSA) is 81.1 Å². The number of hydrogen-bond acceptors (Lipinski definition) is 4. The number of aryl methyl sites for hydroxylation is 3. The molecule has 0 aliphatic rings. The maximum atomic E-state index is 12.2. The third-order valence-electron chi connectivity index (χ3n) is 3.59. The Morgan fingerprint density at radius 1 is 1.23 bits per heavy atom. The molecule has 0 unspecified atom stereocenters. The van der Waals surface area contributed by atoms with Crippen LogP contribution in [0.15, 0.2) is 24.3 Å². The highest BCUT2D eigenvalue weighted by molar-refractivity contribution is 7.89. The minimum Gasteiger partial charge on any atom is -0.272 e. The molecule has 0 bridgehead atoms. The van der Waals surface area contributed by atoms with Gasteiger partial charge < -0.3 is 0 Å². The van der Waals surface area contributed by atoms with E-state index in [2.05, 4.69) is 9.82 Å². The van der Waals surface area contributed by atoms with E-state index in [9.17, 15) is 13.2 Å². The molecule has 0 aliphatic heterocycles. The third-order valence-corrected chi connectivity index (χ3v) is 4.78. The first-order valence-electron chi connectivity index (χ1n) is 6.81. The van der Waals surface area contributed by atoms with Gasteiger partial charge in [-0.05, 0) is 31.9 Å². The zero-order chi connectivity index (χ0) is 16.5. The second-order valence-electron chi connectivity index (χ2n) is 5.29. The largest absolute Gasteiger partial charge is 0.272 e.